The summed E-state index contributed by atoms with van der Waals surface area (Å²) in [5.41, 5.74) is 0. The molecular formula is C16H25N3O3S. The van der Waals surface area contributed by atoms with Crippen LogP contribution in [0.3, 0.4) is 0 Å². The maximum absolute atomic E-state index is 12.3. The third-order valence-electron chi connectivity index (χ3n) is 3.70. The van der Waals surface area contributed by atoms with E-state index in [1.54, 1.807) is 11.3 Å². The molecule has 23 heavy (non-hydrogen) atoms. The van der Waals surface area contributed by atoms with Crippen molar-refractivity contribution in [1.82, 2.24) is 15.5 Å². The van der Waals surface area contributed by atoms with Crippen LogP contribution in [0.1, 0.15) is 31.2 Å². The van der Waals surface area contributed by atoms with Crippen LogP contribution in [0, 0.1) is 0 Å². The van der Waals surface area contributed by atoms with E-state index in [0.29, 0.717) is 0 Å². The predicted octanol–water partition coefficient (Wildman–Crippen LogP) is 1.15. The van der Waals surface area contributed by atoms with Crippen LogP contribution < -0.4 is 10.6 Å². The van der Waals surface area contributed by atoms with Crippen molar-refractivity contribution in [3.05, 3.63) is 22.4 Å². The summed E-state index contributed by atoms with van der Waals surface area (Å²) < 4.78 is 5.33. The van der Waals surface area contributed by atoms with Gasteiger partial charge in [0.25, 0.3) is 0 Å². The second-order valence-corrected chi connectivity index (χ2v) is 6.83. The standard InChI is InChI=1S/C16H25N3O3S/c1-12(11-19-5-7-22-8-6-19)17-16(21)10-14(18-13(2)20)15-4-3-9-23-15/h3-4,9,12,14H,5-8,10-11H2,1-2H3,(H,17,21)(H,18,20)/t12-,14+/m1/s1. The number of nitrogens with zero attached hydrogens (tertiary/aromatic N) is 1. The van der Waals surface area contributed by atoms with Crippen LogP contribution in [0.15, 0.2) is 17.5 Å². The minimum atomic E-state index is -0.261. The van der Waals surface area contributed by atoms with Gasteiger partial charge in [-0.15, -0.1) is 11.3 Å². The number of amides is 2. The molecule has 1 aliphatic heterocycles. The molecule has 2 heterocycles. The van der Waals surface area contributed by atoms with Gasteiger partial charge in [0.15, 0.2) is 0 Å². The van der Waals surface area contributed by atoms with Crippen molar-refractivity contribution in [2.24, 2.45) is 0 Å². The average molecular weight is 339 g/mol. The van der Waals surface area contributed by atoms with Gasteiger partial charge in [-0.3, -0.25) is 14.5 Å². The predicted molar refractivity (Wildman–Crippen MR) is 90.4 cm³/mol. The van der Waals surface area contributed by atoms with Gasteiger partial charge in [0, 0.05) is 37.5 Å². The molecule has 128 valence electrons. The summed E-state index contributed by atoms with van der Waals surface area (Å²) in [6, 6.07) is 3.67. The van der Waals surface area contributed by atoms with Gasteiger partial charge in [0.05, 0.1) is 25.7 Å². The number of rotatable bonds is 7. The number of hydrogen-bond acceptors (Lipinski definition) is 5. The number of nitrogens with one attached hydrogen (secondary N) is 2. The molecule has 1 aromatic heterocycles. The topological polar surface area (TPSA) is 70.7 Å². The fourth-order valence-electron chi connectivity index (χ4n) is 2.69. The third kappa shape index (κ3) is 6.29. The van der Waals surface area contributed by atoms with Gasteiger partial charge in [-0.2, -0.15) is 0 Å². The van der Waals surface area contributed by atoms with Crippen LogP contribution in [0.25, 0.3) is 0 Å². The molecule has 0 radical (unpaired) electrons. The fraction of sp³-hybridized carbons (Fsp3) is 0.625. The summed E-state index contributed by atoms with van der Waals surface area (Å²) in [4.78, 5) is 26.9. The summed E-state index contributed by atoms with van der Waals surface area (Å²) in [6.07, 6.45) is 0.257. The minimum Gasteiger partial charge on any atom is -0.379 e. The lowest BCUT2D eigenvalue weighted by Gasteiger charge is -2.29. The van der Waals surface area contributed by atoms with Gasteiger partial charge in [0.1, 0.15) is 0 Å². The number of ether oxygens (including phenoxy) is 1. The maximum atomic E-state index is 12.3. The fourth-order valence-corrected chi connectivity index (χ4v) is 3.47. The lowest BCUT2D eigenvalue weighted by molar-refractivity contribution is -0.123. The Balaban J connectivity index is 1.82. The smallest absolute Gasteiger partial charge is 0.222 e. The molecule has 0 bridgehead atoms. The molecule has 1 fully saturated rings. The van der Waals surface area contributed by atoms with E-state index in [-0.39, 0.29) is 30.3 Å². The van der Waals surface area contributed by atoms with Gasteiger partial charge in [-0.05, 0) is 18.4 Å². The second-order valence-electron chi connectivity index (χ2n) is 5.85. The summed E-state index contributed by atoms with van der Waals surface area (Å²) in [6.45, 7) is 7.62. The first kappa shape index (κ1) is 17.9. The highest BCUT2D eigenvalue weighted by molar-refractivity contribution is 7.10. The van der Waals surface area contributed by atoms with Crippen molar-refractivity contribution in [2.45, 2.75) is 32.4 Å². The van der Waals surface area contributed by atoms with Crippen LogP contribution in [0.2, 0.25) is 0 Å². The molecule has 0 unspecified atom stereocenters. The lowest BCUT2D eigenvalue weighted by atomic mass is 10.1. The number of thiophene rings is 1. The highest BCUT2D eigenvalue weighted by Crippen LogP contribution is 2.22. The zero-order chi connectivity index (χ0) is 16.7. The monoisotopic (exact) mass is 339 g/mol. The molecule has 0 spiro atoms. The Hall–Kier alpha value is -1.44. The number of carbonyl (C=O) groups is 2. The summed E-state index contributed by atoms with van der Waals surface area (Å²) in [5.74, 6) is -0.171. The zero-order valence-corrected chi connectivity index (χ0v) is 14.5. The van der Waals surface area contributed by atoms with Crippen molar-refractivity contribution in [3.63, 3.8) is 0 Å². The Labute approximate surface area is 141 Å². The van der Waals surface area contributed by atoms with E-state index in [9.17, 15) is 9.59 Å². The molecule has 2 amide bonds. The third-order valence-corrected chi connectivity index (χ3v) is 4.68. The lowest BCUT2D eigenvalue weighted by Crippen LogP contribution is -2.46. The molecule has 0 aromatic carbocycles. The van der Waals surface area contributed by atoms with Crippen molar-refractivity contribution >= 4 is 23.2 Å². The van der Waals surface area contributed by atoms with E-state index in [2.05, 4.69) is 15.5 Å². The minimum absolute atomic E-state index is 0.0436. The molecular weight excluding hydrogens is 314 g/mol. The Bertz CT molecular complexity index is 501. The molecule has 2 atom stereocenters. The molecule has 6 nitrogen and oxygen atoms in total. The first-order valence-electron chi connectivity index (χ1n) is 7.94. The van der Waals surface area contributed by atoms with Crippen LogP contribution >= 0.6 is 11.3 Å². The summed E-state index contributed by atoms with van der Waals surface area (Å²) in [5, 5.41) is 7.82. The molecule has 0 aliphatic carbocycles. The summed E-state index contributed by atoms with van der Waals surface area (Å²) >= 11 is 1.55. The molecule has 2 N–H and O–H groups in total. The van der Waals surface area contributed by atoms with E-state index in [0.717, 1.165) is 37.7 Å². The Kier molecular flexibility index (Phi) is 7.01. The Morgan fingerprint density at radius 2 is 2.09 bits per heavy atom. The highest BCUT2D eigenvalue weighted by atomic mass is 32.1. The second kappa shape index (κ2) is 9.00. The molecule has 1 saturated heterocycles. The van der Waals surface area contributed by atoms with E-state index >= 15 is 0 Å². The molecule has 0 saturated carbocycles. The largest absolute Gasteiger partial charge is 0.379 e. The zero-order valence-electron chi connectivity index (χ0n) is 13.7. The Morgan fingerprint density at radius 3 is 2.70 bits per heavy atom. The molecule has 1 aromatic rings. The van der Waals surface area contributed by atoms with Crippen LogP contribution in [-0.4, -0.2) is 55.6 Å². The molecule has 7 heteroatoms. The highest BCUT2D eigenvalue weighted by Gasteiger charge is 2.20. The average Bonchev–Trinajstić information content (AvgIpc) is 3.01. The van der Waals surface area contributed by atoms with Crippen LogP contribution in [-0.2, 0) is 14.3 Å². The number of carbonyl (C=O) groups excluding carboxylic acids is 2. The van der Waals surface area contributed by atoms with E-state index in [1.165, 1.54) is 6.92 Å². The molecule has 1 aliphatic rings. The van der Waals surface area contributed by atoms with Gasteiger partial charge in [-0.1, -0.05) is 6.07 Å². The van der Waals surface area contributed by atoms with Crippen LogP contribution in [0.5, 0.6) is 0 Å². The van der Waals surface area contributed by atoms with Crippen molar-refractivity contribution < 1.29 is 14.3 Å². The summed E-state index contributed by atoms with van der Waals surface area (Å²) in [7, 11) is 0. The van der Waals surface area contributed by atoms with Gasteiger partial charge in [0.2, 0.25) is 11.8 Å². The van der Waals surface area contributed by atoms with Crippen molar-refractivity contribution in [2.75, 3.05) is 32.8 Å². The maximum Gasteiger partial charge on any atom is 0.222 e. The Morgan fingerprint density at radius 1 is 1.35 bits per heavy atom. The van der Waals surface area contributed by atoms with Gasteiger partial charge < -0.3 is 15.4 Å². The SMILES string of the molecule is CC(=O)N[C@@H](CC(=O)N[C@H](C)CN1CCOCC1)c1cccs1. The van der Waals surface area contributed by atoms with Crippen LogP contribution in [0.4, 0.5) is 0 Å². The first-order chi connectivity index (χ1) is 11.0. The normalized spacial score (nSPS) is 18.2. The number of morpholine rings is 1. The van der Waals surface area contributed by atoms with Crippen molar-refractivity contribution in [1.29, 1.82) is 0 Å². The number of hydrogen-bond donors (Lipinski definition) is 2. The van der Waals surface area contributed by atoms with Crippen molar-refractivity contribution in [3.8, 4) is 0 Å². The quantitative estimate of drug-likeness (QED) is 0.782. The van der Waals surface area contributed by atoms with E-state index < -0.39 is 0 Å². The first-order valence-corrected chi connectivity index (χ1v) is 8.82. The van der Waals surface area contributed by atoms with Gasteiger partial charge >= 0.3 is 0 Å². The van der Waals surface area contributed by atoms with E-state index in [1.807, 2.05) is 24.4 Å². The van der Waals surface area contributed by atoms with Gasteiger partial charge in [-0.25, -0.2) is 0 Å². The van der Waals surface area contributed by atoms with E-state index in [4.69, 9.17) is 4.74 Å². The molecule has 2 rings (SSSR count).